The monoisotopic (exact) mass is 616 g/mol. The summed E-state index contributed by atoms with van der Waals surface area (Å²) in [6.45, 7) is 6.41. The second-order valence-electron chi connectivity index (χ2n) is 12.4. The third kappa shape index (κ3) is 8.10. The van der Waals surface area contributed by atoms with Gasteiger partial charge in [-0.05, 0) is 85.4 Å². The number of likely N-dealkylation sites (tertiary alicyclic amines) is 2. The zero-order valence-electron chi connectivity index (χ0n) is 23.9. The topological polar surface area (TPSA) is 64.0 Å². The van der Waals surface area contributed by atoms with Crippen molar-refractivity contribution in [3.8, 4) is 0 Å². The molecule has 2 aromatic rings. The van der Waals surface area contributed by atoms with Gasteiger partial charge in [0.05, 0.1) is 5.60 Å². The van der Waals surface area contributed by atoms with Crippen molar-refractivity contribution in [1.82, 2.24) is 9.80 Å². The minimum Gasteiger partial charge on any atom is -0.480 e. The van der Waals surface area contributed by atoms with E-state index in [1.165, 1.54) is 11.1 Å². The molecule has 5 nitrogen and oxygen atoms in total. The molecular formula is C33H42Cl2N2O3S. The van der Waals surface area contributed by atoms with Gasteiger partial charge in [0.1, 0.15) is 6.04 Å². The molecule has 2 aromatic carbocycles. The quantitative estimate of drug-likeness (QED) is 0.276. The molecule has 0 spiro atoms. The van der Waals surface area contributed by atoms with Gasteiger partial charge in [0.25, 0.3) is 0 Å². The first-order chi connectivity index (χ1) is 19.7. The average molecular weight is 618 g/mol. The van der Waals surface area contributed by atoms with E-state index in [4.69, 9.17) is 23.2 Å². The number of rotatable bonds is 11. The van der Waals surface area contributed by atoms with Gasteiger partial charge in [-0.3, -0.25) is 9.69 Å². The van der Waals surface area contributed by atoms with Crippen molar-refractivity contribution in [3.63, 3.8) is 0 Å². The van der Waals surface area contributed by atoms with Crippen molar-refractivity contribution in [2.24, 2.45) is 11.8 Å². The van der Waals surface area contributed by atoms with Crippen LogP contribution in [0.5, 0.6) is 0 Å². The molecule has 5 rings (SSSR count). The molecule has 2 N–H and O–H groups in total. The normalized spacial score (nSPS) is 25.8. The molecule has 4 atom stereocenters. The summed E-state index contributed by atoms with van der Waals surface area (Å²) in [5.74, 6) is -0.141. The van der Waals surface area contributed by atoms with E-state index in [0.29, 0.717) is 39.2 Å². The molecule has 3 aliphatic rings. The van der Waals surface area contributed by atoms with Crippen molar-refractivity contribution in [2.45, 2.75) is 68.8 Å². The molecule has 41 heavy (non-hydrogen) atoms. The minimum atomic E-state index is -0.878. The number of carboxylic acid groups (broad SMARTS) is 1. The van der Waals surface area contributed by atoms with Crippen LogP contribution in [0.15, 0.2) is 59.5 Å². The van der Waals surface area contributed by atoms with E-state index in [1.807, 2.05) is 17.8 Å². The number of carbonyl (C=O) groups is 1. The van der Waals surface area contributed by atoms with Crippen LogP contribution in [-0.2, 0) is 11.2 Å². The summed E-state index contributed by atoms with van der Waals surface area (Å²) >= 11 is 14.5. The number of aliphatic hydroxyl groups is 1. The van der Waals surface area contributed by atoms with Crippen LogP contribution in [0.4, 0.5) is 0 Å². The summed E-state index contributed by atoms with van der Waals surface area (Å²) in [5.41, 5.74) is 2.83. The van der Waals surface area contributed by atoms with Crippen LogP contribution in [0.3, 0.4) is 0 Å². The minimum absolute atomic E-state index is 0.356. The lowest BCUT2D eigenvalue weighted by atomic mass is 9.84. The van der Waals surface area contributed by atoms with Gasteiger partial charge in [0.15, 0.2) is 0 Å². The summed E-state index contributed by atoms with van der Waals surface area (Å²) in [6, 6.07) is 14.8. The predicted molar refractivity (Wildman–Crippen MR) is 170 cm³/mol. The number of piperidine rings is 1. The number of nitrogens with zero attached hydrogens (tertiary/aromatic N) is 2. The summed E-state index contributed by atoms with van der Waals surface area (Å²) in [7, 11) is 0. The number of benzene rings is 2. The smallest absolute Gasteiger partial charge is 0.325 e. The van der Waals surface area contributed by atoms with E-state index in [2.05, 4.69) is 46.4 Å². The Morgan fingerprint density at radius 1 is 1.10 bits per heavy atom. The zero-order chi connectivity index (χ0) is 29.0. The van der Waals surface area contributed by atoms with E-state index in [-0.39, 0.29) is 0 Å². The van der Waals surface area contributed by atoms with Crippen LogP contribution in [0.1, 0.15) is 62.6 Å². The van der Waals surface area contributed by atoms with Gasteiger partial charge < -0.3 is 15.1 Å². The SMILES string of the molecule is CC1CC(CC2CN(C(C(=O)O)c3ccc(Cl)cc3Cl)C[C@H]2CN2CCC(O)(CCCc3ccccc3)CC2)=CS1. The van der Waals surface area contributed by atoms with Gasteiger partial charge in [-0.1, -0.05) is 72.1 Å². The number of carboxylic acids is 1. The molecule has 2 saturated heterocycles. The summed E-state index contributed by atoms with van der Waals surface area (Å²) in [6.07, 6.45) is 6.54. The Bertz CT molecular complexity index is 1220. The molecule has 0 radical (unpaired) electrons. The second kappa shape index (κ2) is 13.8. The fraction of sp³-hybridized carbons (Fsp3) is 0.545. The molecule has 0 aliphatic carbocycles. The molecule has 0 bridgehead atoms. The van der Waals surface area contributed by atoms with Crippen LogP contribution in [0, 0.1) is 11.8 Å². The van der Waals surface area contributed by atoms with Crippen molar-refractivity contribution in [2.75, 3.05) is 32.7 Å². The molecule has 8 heteroatoms. The number of thioether (sulfide) groups is 1. The lowest BCUT2D eigenvalue weighted by molar-refractivity contribution is -0.143. The van der Waals surface area contributed by atoms with Crippen LogP contribution in [0.2, 0.25) is 10.0 Å². The van der Waals surface area contributed by atoms with E-state index < -0.39 is 17.6 Å². The molecule has 0 amide bonds. The first kappa shape index (κ1) is 30.9. The molecule has 3 heterocycles. The molecule has 0 aromatic heterocycles. The van der Waals surface area contributed by atoms with Crippen molar-refractivity contribution in [1.29, 1.82) is 0 Å². The highest BCUT2D eigenvalue weighted by molar-refractivity contribution is 8.03. The average Bonchev–Trinajstić information content (AvgIpc) is 3.52. The Morgan fingerprint density at radius 3 is 2.49 bits per heavy atom. The largest absolute Gasteiger partial charge is 0.480 e. The van der Waals surface area contributed by atoms with Crippen molar-refractivity contribution < 1.29 is 15.0 Å². The fourth-order valence-electron chi connectivity index (χ4n) is 6.98. The number of aliphatic carboxylic acids is 1. The van der Waals surface area contributed by atoms with Crippen molar-refractivity contribution >= 4 is 40.9 Å². The lowest BCUT2D eigenvalue weighted by Gasteiger charge is -2.40. The highest BCUT2D eigenvalue weighted by Gasteiger charge is 2.42. The second-order valence-corrected chi connectivity index (χ2v) is 14.5. The van der Waals surface area contributed by atoms with Gasteiger partial charge in [-0.25, -0.2) is 0 Å². The van der Waals surface area contributed by atoms with E-state index >= 15 is 0 Å². The maximum atomic E-state index is 12.6. The van der Waals surface area contributed by atoms with Crippen LogP contribution in [0.25, 0.3) is 0 Å². The van der Waals surface area contributed by atoms with Gasteiger partial charge in [0.2, 0.25) is 0 Å². The van der Waals surface area contributed by atoms with Crippen LogP contribution < -0.4 is 0 Å². The number of aryl methyl sites for hydroxylation is 1. The Kier molecular flexibility index (Phi) is 10.4. The summed E-state index contributed by atoms with van der Waals surface area (Å²) in [5, 5.41) is 25.5. The number of hydrogen-bond donors (Lipinski definition) is 2. The highest BCUT2D eigenvalue weighted by Crippen LogP contribution is 2.41. The predicted octanol–water partition coefficient (Wildman–Crippen LogP) is 7.32. The first-order valence-electron chi connectivity index (χ1n) is 14.9. The zero-order valence-corrected chi connectivity index (χ0v) is 26.2. The number of halogens is 2. The molecule has 3 unspecified atom stereocenters. The summed E-state index contributed by atoms with van der Waals surface area (Å²) < 4.78 is 0. The molecular weight excluding hydrogens is 575 g/mol. The lowest BCUT2D eigenvalue weighted by Crippen LogP contribution is -2.46. The molecule has 3 aliphatic heterocycles. The summed E-state index contributed by atoms with van der Waals surface area (Å²) in [4.78, 5) is 17.2. The van der Waals surface area contributed by atoms with Gasteiger partial charge in [0, 0.05) is 48.0 Å². The number of allylic oxidation sites excluding steroid dienone is 1. The van der Waals surface area contributed by atoms with E-state index in [1.54, 1.807) is 18.2 Å². The van der Waals surface area contributed by atoms with Crippen molar-refractivity contribution in [3.05, 3.63) is 80.7 Å². The third-order valence-electron chi connectivity index (χ3n) is 9.23. The molecule has 0 saturated carbocycles. The molecule has 2 fully saturated rings. The standard InChI is InChI=1S/C33H42Cl2N2O3S/c1-23-16-25(22-41-23)17-26-20-37(31(32(38)39)29-10-9-28(34)18-30(29)35)21-27(26)19-36-14-12-33(40,13-15-36)11-5-8-24-6-3-2-4-7-24/h2-4,6-7,9-10,18,22-23,26-27,31,40H,5,8,11-17,19-21H2,1H3,(H,38,39)/t23?,26?,27-,31?/m1/s1. The van der Waals surface area contributed by atoms with E-state index in [0.717, 1.165) is 71.1 Å². The van der Waals surface area contributed by atoms with E-state index in [9.17, 15) is 15.0 Å². The Labute approximate surface area is 258 Å². The van der Waals surface area contributed by atoms with Crippen LogP contribution in [-0.4, -0.2) is 69.6 Å². The van der Waals surface area contributed by atoms with Gasteiger partial charge in [-0.2, -0.15) is 0 Å². The fourth-order valence-corrected chi connectivity index (χ4v) is 8.42. The third-order valence-corrected chi connectivity index (χ3v) is 10.9. The number of hydrogen-bond acceptors (Lipinski definition) is 5. The highest BCUT2D eigenvalue weighted by atomic mass is 35.5. The Morgan fingerprint density at radius 2 is 1.83 bits per heavy atom. The first-order valence-corrected chi connectivity index (χ1v) is 16.6. The Balaban J connectivity index is 1.22. The maximum Gasteiger partial charge on any atom is 0.325 e. The Hall–Kier alpha value is -1.54. The van der Waals surface area contributed by atoms with Gasteiger partial charge >= 0.3 is 5.97 Å². The van der Waals surface area contributed by atoms with Gasteiger partial charge in [-0.15, -0.1) is 11.8 Å². The maximum absolute atomic E-state index is 12.6. The van der Waals surface area contributed by atoms with Crippen LogP contribution >= 0.6 is 35.0 Å². The molecule has 222 valence electrons.